The lowest BCUT2D eigenvalue weighted by Gasteiger charge is -2.22. The predicted molar refractivity (Wildman–Crippen MR) is 69.0 cm³/mol. The van der Waals surface area contributed by atoms with Crippen LogP contribution in [-0.4, -0.2) is 30.6 Å². The van der Waals surface area contributed by atoms with E-state index < -0.39 is 4.92 Å². The smallest absolute Gasteiger partial charge is 0.269 e. The summed E-state index contributed by atoms with van der Waals surface area (Å²) in [7, 11) is 0. The summed E-state index contributed by atoms with van der Waals surface area (Å²) in [5.41, 5.74) is 0.416. The van der Waals surface area contributed by atoms with E-state index in [1.54, 1.807) is 0 Å². The van der Waals surface area contributed by atoms with Crippen LogP contribution in [-0.2, 0) is 4.74 Å². The number of nitro benzene ring substituents is 1. The second-order valence-electron chi connectivity index (χ2n) is 4.60. The van der Waals surface area contributed by atoms with Gasteiger partial charge in [-0.1, -0.05) is 0 Å². The highest BCUT2D eigenvalue weighted by atomic mass is 16.6. The first kappa shape index (κ1) is 13.5. The SMILES string of the molecule is O=C(NC[C@H]1CCCOC1)c1ccc([N+](=O)[O-])cc1. The summed E-state index contributed by atoms with van der Waals surface area (Å²) in [5, 5.41) is 13.3. The summed E-state index contributed by atoms with van der Waals surface area (Å²) >= 11 is 0. The minimum atomic E-state index is -0.485. The molecule has 0 aliphatic carbocycles. The zero-order chi connectivity index (χ0) is 13.7. The van der Waals surface area contributed by atoms with Crippen LogP contribution in [0.5, 0.6) is 0 Å². The molecule has 0 bridgehead atoms. The lowest BCUT2D eigenvalue weighted by molar-refractivity contribution is -0.384. The molecule has 1 atom stereocenters. The molecule has 2 rings (SSSR count). The van der Waals surface area contributed by atoms with Gasteiger partial charge in [-0.25, -0.2) is 0 Å². The maximum Gasteiger partial charge on any atom is 0.269 e. The Kier molecular flexibility index (Phi) is 4.46. The summed E-state index contributed by atoms with van der Waals surface area (Å²) in [4.78, 5) is 21.9. The first-order valence-corrected chi connectivity index (χ1v) is 6.27. The van der Waals surface area contributed by atoms with E-state index in [4.69, 9.17) is 4.74 Å². The monoisotopic (exact) mass is 264 g/mol. The number of carbonyl (C=O) groups excluding carboxylic acids is 1. The number of amides is 1. The van der Waals surface area contributed by atoms with Gasteiger partial charge in [-0.15, -0.1) is 0 Å². The molecule has 0 aromatic heterocycles. The molecule has 1 amide bonds. The second-order valence-corrected chi connectivity index (χ2v) is 4.60. The minimum absolute atomic E-state index is 0.0165. The average Bonchev–Trinajstić information content (AvgIpc) is 2.46. The Bertz CT molecular complexity index is 452. The molecule has 0 spiro atoms. The van der Waals surface area contributed by atoms with Gasteiger partial charge in [-0.2, -0.15) is 0 Å². The molecule has 1 aromatic carbocycles. The summed E-state index contributed by atoms with van der Waals surface area (Å²) in [6.45, 7) is 2.06. The molecule has 1 N–H and O–H groups in total. The van der Waals surface area contributed by atoms with Crippen molar-refractivity contribution in [2.24, 2.45) is 5.92 Å². The van der Waals surface area contributed by atoms with Crippen molar-refractivity contribution in [3.05, 3.63) is 39.9 Å². The van der Waals surface area contributed by atoms with Crippen LogP contribution < -0.4 is 5.32 Å². The Morgan fingerprint density at radius 1 is 1.42 bits per heavy atom. The molecule has 0 saturated carbocycles. The number of ether oxygens (including phenoxy) is 1. The lowest BCUT2D eigenvalue weighted by atomic mass is 10.0. The van der Waals surface area contributed by atoms with Crippen molar-refractivity contribution in [3.63, 3.8) is 0 Å². The van der Waals surface area contributed by atoms with Crippen molar-refractivity contribution < 1.29 is 14.5 Å². The molecule has 1 aliphatic heterocycles. The Morgan fingerprint density at radius 2 is 2.16 bits per heavy atom. The molecule has 0 radical (unpaired) electrons. The maximum atomic E-state index is 11.8. The molecule has 6 nitrogen and oxygen atoms in total. The standard InChI is InChI=1S/C13H16N2O4/c16-13(14-8-10-2-1-7-19-9-10)11-3-5-12(6-4-11)15(17)18/h3-6,10H,1-2,7-9H2,(H,14,16)/t10-/m1/s1. The molecular formula is C13H16N2O4. The van der Waals surface area contributed by atoms with Crippen molar-refractivity contribution in [1.82, 2.24) is 5.32 Å². The van der Waals surface area contributed by atoms with Crippen molar-refractivity contribution >= 4 is 11.6 Å². The van der Waals surface area contributed by atoms with Gasteiger partial charge in [-0.05, 0) is 30.9 Å². The van der Waals surface area contributed by atoms with Crippen LogP contribution in [0.3, 0.4) is 0 Å². The summed E-state index contributed by atoms with van der Waals surface area (Å²) in [5.74, 6) is 0.149. The van der Waals surface area contributed by atoms with E-state index in [0.717, 1.165) is 19.4 Å². The van der Waals surface area contributed by atoms with E-state index in [9.17, 15) is 14.9 Å². The first-order valence-electron chi connectivity index (χ1n) is 6.27. The van der Waals surface area contributed by atoms with Crippen molar-refractivity contribution in [2.45, 2.75) is 12.8 Å². The lowest BCUT2D eigenvalue weighted by Crippen LogP contribution is -2.33. The van der Waals surface area contributed by atoms with Gasteiger partial charge >= 0.3 is 0 Å². The molecule has 6 heteroatoms. The third-order valence-electron chi connectivity index (χ3n) is 3.15. The van der Waals surface area contributed by atoms with E-state index in [2.05, 4.69) is 5.32 Å². The normalized spacial score (nSPS) is 18.8. The number of hydrogen-bond donors (Lipinski definition) is 1. The van der Waals surface area contributed by atoms with E-state index in [-0.39, 0.29) is 11.6 Å². The zero-order valence-electron chi connectivity index (χ0n) is 10.5. The molecule has 1 aliphatic rings. The van der Waals surface area contributed by atoms with Gasteiger partial charge in [-0.3, -0.25) is 14.9 Å². The summed E-state index contributed by atoms with van der Waals surface area (Å²) in [6.07, 6.45) is 2.08. The van der Waals surface area contributed by atoms with Gasteiger partial charge in [0.25, 0.3) is 11.6 Å². The molecule has 1 saturated heterocycles. The fraction of sp³-hybridized carbons (Fsp3) is 0.462. The number of nitro groups is 1. The minimum Gasteiger partial charge on any atom is -0.381 e. The summed E-state index contributed by atoms with van der Waals surface area (Å²) < 4.78 is 5.34. The Labute approximate surface area is 110 Å². The number of hydrogen-bond acceptors (Lipinski definition) is 4. The number of carbonyl (C=O) groups is 1. The van der Waals surface area contributed by atoms with Crippen LogP contribution in [0.1, 0.15) is 23.2 Å². The molecule has 1 heterocycles. The van der Waals surface area contributed by atoms with Crippen LogP contribution in [0.25, 0.3) is 0 Å². The fourth-order valence-corrected chi connectivity index (χ4v) is 2.04. The van der Waals surface area contributed by atoms with Crippen LogP contribution in [0.2, 0.25) is 0 Å². The number of rotatable bonds is 4. The topological polar surface area (TPSA) is 81.5 Å². The highest BCUT2D eigenvalue weighted by Gasteiger charge is 2.15. The van der Waals surface area contributed by atoms with E-state index >= 15 is 0 Å². The quantitative estimate of drug-likeness (QED) is 0.663. The fourth-order valence-electron chi connectivity index (χ4n) is 2.04. The first-order chi connectivity index (χ1) is 9.16. The van der Waals surface area contributed by atoms with Crippen LogP contribution in [0.15, 0.2) is 24.3 Å². The van der Waals surface area contributed by atoms with Gasteiger partial charge < -0.3 is 10.1 Å². The number of nitrogens with one attached hydrogen (secondary N) is 1. The number of benzene rings is 1. The van der Waals surface area contributed by atoms with Gasteiger partial charge in [0.1, 0.15) is 0 Å². The van der Waals surface area contributed by atoms with Crippen LogP contribution >= 0.6 is 0 Å². The molecule has 1 aromatic rings. The van der Waals surface area contributed by atoms with Gasteiger partial charge in [0.05, 0.1) is 11.5 Å². The van der Waals surface area contributed by atoms with E-state index in [0.29, 0.717) is 24.6 Å². The predicted octanol–water partition coefficient (Wildman–Crippen LogP) is 1.75. The van der Waals surface area contributed by atoms with Gasteiger partial charge in [0.2, 0.25) is 0 Å². The number of nitrogens with zero attached hydrogens (tertiary/aromatic N) is 1. The molecule has 0 unspecified atom stereocenters. The van der Waals surface area contributed by atoms with Gasteiger partial charge in [0, 0.05) is 30.8 Å². The largest absolute Gasteiger partial charge is 0.381 e. The second kappa shape index (κ2) is 6.29. The number of non-ortho nitro benzene ring substituents is 1. The highest BCUT2D eigenvalue weighted by Crippen LogP contribution is 2.14. The Balaban J connectivity index is 1.86. The third-order valence-corrected chi connectivity index (χ3v) is 3.15. The van der Waals surface area contributed by atoms with Crippen molar-refractivity contribution in [3.8, 4) is 0 Å². The van der Waals surface area contributed by atoms with E-state index in [1.165, 1.54) is 24.3 Å². The molecule has 19 heavy (non-hydrogen) atoms. The molecular weight excluding hydrogens is 248 g/mol. The third kappa shape index (κ3) is 3.75. The zero-order valence-corrected chi connectivity index (χ0v) is 10.5. The Hall–Kier alpha value is -1.95. The molecule has 1 fully saturated rings. The van der Waals surface area contributed by atoms with Gasteiger partial charge in [0.15, 0.2) is 0 Å². The van der Waals surface area contributed by atoms with Crippen molar-refractivity contribution in [1.29, 1.82) is 0 Å². The average molecular weight is 264 g/mol. The molecule has 102 valence electrons. The van der Waals surface area contributed by atoms with Crippen molar-refractivity contribution in [2.75, 3.05) is 19.8 Å². The summed E-state index contributed by atoms with van der Waals surface area (Å²) in [6, 6.07) is 5.59. The maximum absolute atomic E-state index is 11.8. The van der Waals surface area contributed by atoms with E-state index in [1.807, 2.05) is 0 Å². The van der Waals surface area contributed by atoms with Crippen LogP contribution in [0.4, 0.5) is 5.69 Å². The van der Waals surface area contributed by atoms with Crippen LogP contribution in [0, 0.1) is 16.0 Å². The Morgan fingerprint density at radius 3 is 2.74 bits per heavy atom. The highest BCUT2D eigenvalue weighted by molar-refractivity contribution is 5.94.